The Morgan fingerprint density at radius 1 is 0.597 bits per heavy atom. The summed E-state index contributed by atoms with van der Waals surface area (Å²) in [5, 5.41) is 16.5. The van der Waals surface area contributed by atoms with Crippen LogP contribution in [0.25, 0.3) is 0 Å². The van der Waals surface area contributed by atoms with E-state index in [2.05, 4.69) is 36.7 Å². The van der Waals surface area contributed by atoms with Gasteiger partial charge in [0, 0.05) is 56.3 Å². The summed E-state index contributed by atoms with van der Waals surface area (Å²) in [6.45, 7) is 0. The van der Waals surface area contributed by atoms with E-state index in [1.807, 2.05) is 30.3 Å². The molecule has 15 nitrogen and oxygen atoms in total. The number of fused-ring (bicyclic) bond motifs is 2. The molecule has 17 heteroatoms. The number of carboxylic acids is 1. The number of nitrogens with two attached hydrogens (primary N) is 1. The number of hydrogen-bond acceptors (Lipinski definition) is 11. The van der Waals surface area contributed by atoms with E-state index in [0.29, 0.717) is 29.4 Å². The van der Waals surface area contributed by atoms with Gasteiger partial charge in [-0.15, -0.1) is 0 Å². The Kier molecular flexibility index (Phi) is 16.5. The van der Waals surface area contributed by atoms with Crippen LogP contribution in [0.4, 0.5) is 8.78 Å². The standard InChI is InChI=1S/C25H24FN3O4.C17H19N3O2.C8H7FO3/c1-27-25(31)22-14-20(9-10-28-22)33-19-7-4-15-3-6-18(11-17(15)12-19)29-24(30)16-5-8-23(32-2)21(26)13-16;1-19-17(21)16-10-15(6-7-20-16)22-14-5-3-11-2-4-13(18)8-12(11)9-14;1-12-7-3-2-5(8(10)11)4-6(7)9/h4-5,7-10,12-14,18H,3,6,11H2,1-2H3,(H,27,31)(H,29,30);3,5-7,9-10,13H,2,4,8,18H2,1H3,(H,19,21);2-4H,1H3,(H,10,11). The van der Waals surface area contributed by atoms with Gasteiger partial charge in [0.05, 0.1) is 19.8 Å². The molecule has 0 spiro atoms. The number of pyridine rings is 2. The van der Waals surface area contributed by atoms with Crippen LogP contribution in [-0.4, -0.2) is 79.2 Å². The van der Waals surface area contributed by atoms with Gasteiger partial charge < -0.3 is 45.7 Å². The molecule has 8 rings (SSSR count). The zero-order chi connectivity index (χ0) is 48.0. The second-order valence-corrected chi connectivity index (χ2v) is 15.4. The molecule has 2 aromatic heterocycles. The lowest BCUT2D eigenvalue weighted by Gasteiger charge is -2.26. The van der Waals surface area contributed by atoms with E-state index >= 15 is 0 Å². The molecule has 0 saturated carbocycles. The van der Waals surface area contributed by atoms with Crippen molar-refractivity contribution in [2.45, 2.75) is 50.6 Å². The monoisotopic (exact) mass is 916 g/mol. The number of aryl methyl sites for hydroxylation is 2. The van der Waals surface area contributed by atoms with Crippen LogP contribution < -0.4 is 40.6 Å². The first-order chi connectivity index (χ1) is 32.3. The molecule has 3 amide bonds. The molecular formula is C50H50F2N6O9. The van der Waals surface area contributed by atoms with E-state index in [1.165, 1.54) is 61.4 Å². The van der Waals surface area contributed by atoms with Gasteiger partial charge in [-0.3, -0.25) is 24.4 Å². The topological polar surface area (TPSA) is 213 Å². The number of carbonyl (C=O) groups is 4. The Balaban J connectivity index is 0.000000186. The summed E-state index contributed by atoms with van der Waals surface area (Å²) < 4.78 is 48.1. The van der Waals surface area contributed by atoms with Crippen LogP contribution in [-0.2, 0) is 25.7 Å². The van der Waals surface area contributed by atoms with E-state index in [9.17, 15) is 28.0 Å². The molecule has 4 aromatic carbocycles. The summed E-state index contributed by atoms with van der Waals surface area (Å²) in [5.41, 5.74) is 11.7. The van der Waals surface area contributed by atoms with Crippen LogP contribution in [0, 0.1) is 11.6 Å². The van der Waals surface area contributed by atoms with Gasteiger partial charge >= 0.3 is 5.97 Å². The second-order valence-electron chi connectivity index (χ2n) is 15.4. The van der Waals surface area contributed by atoms with Gasteiger partial charge in [0.1, 0.15) is 34.4 Å². The first-order valence-electron chi connectivity index (χ1n) is 21.2. The zero-order valence-corrected chi connectivity index (χ0v) is 37.2. The number of carbonyl (C=O) groups excluding carboxylic acids is 3. The third-order valence-electron chi connectivity index (χ3n) is 10.9. The largest absolute Gasteiger partial charge is 0.494 e. The maximum Gasteiger partial charge on any atom is 0.335 e. The van der Waals surface area contributed by atoms with Crippen molar-refractivity contribution in [3.63, 3.8) is 0 Å². The number of benzene rings is 4. The summed E-state index contributed by atoms with van der Waals surface area (Å²) >= 11 is 0. The maximum absolute atomic E-state index is 14.0. The molecule has 2 aliphatic carbocycles. The summed E-state index contributed by atoms with van der Waals surface area (Å²) in [5.74, 6) is -0.625. The van der Waals surface area contributed by atoms with Crippen molar-refractivity contribution in [1.29, 1.82) is 0 Å². The Morgan fingerprint density at radius 3 is 1.57 bits per heavy atom. The minimum Gasteiger partial charge on any atom is -0.494 e. The molecule has 0 bridgehead atoms. The van der Waals surface area contributed by atoms with Gasteiger partial charge in [0.15, 0.2) is 23.1 Å². The number of halogens is 2. The minimum atomic E-state index is -1.16. The van der Waals surface area contributed by atoms with Crippen LogP contribution in [0.5, 0.6) is 34.5 Å². The predicted molar refractivity (Wildman–Crippen MR) is 244 cm³/mol. The van der Waals surface area contributed by atoms with E-state index < -0.39 is 17.6 Å². The van der Waals surface area contributed by atoms with Crippen LogP contribution in [0.1, 0.15) is 76.8 Å². The molecule has 0 saturated heterocycles. The first-order valence-corrected chi connectivity index (χ1v) is 21.2. The highest BCUT2D eigenvalue weighted by Gasteiger charge is 2.23. The molecule has 67 heavy (non-hydrogen) atoms. The quantitative estimate of drug-likeness (QED) is 0.0870. The van der Waals surface area contributed by atoms with Gasteiger partial charge in [0.2, 0.25) is 0 Å². The number of amides is 3. The normalized spacial score (nSPS) is 14.4. The number of ether oxygens (including phenoxy) is 4. The van der Waals surface area contributed by atoms with Crippen molar-refractivity contribution in [3.8, 4) is 34.5 Å². The van der Waals surface area contributed by atoms with Crippen molar-refractivity contribution in [2.75, 3.05) is 28.3 Å². The number of rotatable bonds is 11. The number of carboxylic acid groups (broad SMARTS) is 1. The number of aromatic carboxylic acids is 1. The van der Waals surface area contributed by atoms with Crippen molar-refractivity contribution < 1.29 is 52.0 Å². The summed E-state index contributed by atoms with van der Waals surface area (Å²) in [6, 6.07) is 26.3. The predicted octanol–water partition coefficient (Wildman–Crippen LogP) is 7.25. The average Bonchev–Trinajstić information content (AvgIpc) is 3.33. The summed E-state index contributed by atoms with van der Waals surface area (Å²) in [6.07, 6.45) is 8.26. The fourth-order valence-corrected chi connectivity index (χ4v) is 7.35. The SMILES string of the molecule is CNC(=O)c1cc(Oc2ccc3c(c2)CC(N)CC3)ccn1.CNC(=O)c1cc(Oc2ccc3c(c2)CC(NC(=O)c2ccc(OC)c(F)c2)CC3)ccn1.COc1ccc(C(=O)O)cc1F. The van der Waals surface area contributed by atoms with Crippen molar-refractivity contribution >= 4 is 23.7 Å². The van der Waals surface area contributed by atoms with E-state index in [-0.39, 0.29) is 58.1 Å². The fourth-order valence-electron chi connectivity index (χ4n) is 7.35. The minimum absolute atomic E-state index is 0.0417. The molecule has 2 aliphatic rings. The van der Waals surface area contributed by atoms with Gasteiger partial charge in [0.25, 0.3) is 17.7 Å². The fraction of sp³-hybridized carbons (Fsp3) is 0.240. The lowest BCUT2D eigenvalue weighted by atomic mass is 9.88. The van der Waals surface area contributed by atoms with Crippen LogP contribution in [0.3, 0.4) is 0 Å². The van der Waals surface area contributed by atoms with Crippen LogP contribution in [0.2, 0.25) is 0 Å². The molecule has 2 unspecified atom stereocenters. The third kappa shape index (κ3) is 13.1. The second kappa shape index (κ2) is 22.8. The average molecular weight is 917 g/mol. The lowest BCUT2D eigenvalue weighted by Crippen LogP contribution is -2.38. The number of hydrogen-bond donors (Lipinski definition) is 5. The van der Waals surface area contributed by atoms with Crippen molar-refractivity contribution in [2.24, 2.45) is 5.73 Å². The summed E-state index contributed by atoms with van der Waals surface area (Å²) in [7, 11) is 5.82. The molecule has 6 N–H and O–H groups in total. The highest BCUT2D eigenvalue weighted by atomic mass is 19.1. The Labute approximate surface area is 385 Å². The molecule has 0 radical (unpaired) electrons. The maximum atomic E-state index is 14.0. The summed E-state index contributed by atoms with van der Waals surface area (Å²) in [4.78, 5) is 54.4. The third-order valence-corrected chi connectivity index (χ3v) is 10.9. The Bertz CT molecular complexity index is 2750. The molecule has 0 aliphatic heterocycles. The molecular weight excluding hydrogens is 867 g/mol. The number of nitrogens with one attached hydrogen (secondary N) is 3. The molecule has 348 valence electrons. The number of aromatic nitrogens is 2. The molecule has 0 fully saturated rings. The molecule has 2 heterocycles. The van der Waals surface area contributed by atoms with E-state index in [1.54, 1.807) is 50.6 Å². The van der Waals surface area contributed by atoms with E-state index in [0.717, 1.165) is 49.5 Å². The highest BCUT2D eigenvalue weighted by Crippen LogP contribution is 2.31. The molecule has 2 atom stereocenters. The van der Waals surface area contributed by atoms with Gasteiger partial charge in [-0.1, -0.05) is 12.1 Å². The Hall–Kier alpha value is -7.92. The number of methoxy groups -OCH3 is 2. The smallest absolute Gasteiger partial charge is 0.335 e. The van der Waals surface area contributed by atoms with E-state index in [4.69, 9.17) is 25.1 Å². The van der Waals surface area contributed by atoms with Crippen LogP contribution in [0.15, 0.2) is 109 Å². The Morgan fingerprint density at radius 2 is 1.07 bits per heavy atom. The lowest BCUT2D eigenvalue weighted by molar-refractivity contribution is 0.0695. The zero-order valence-electron chi connectivity index (χ0n) is 37.2. The highest BCUT2D eigenvalue weighted by molar-refractivity contribution is 5.95. The van der Waals surface area contributed by atoms with Crippen molar-refractivity contribution in [1.82, 2.24) is 25.9 Å². The number of nitrogens with zero attached hydrogens (tertiary/aromatic N) is 2. The van der Waals surface area contributed by atoms with Gasteiger partial charge in [-0.05, 0) is 134 Å². The van der Waals surface area contributed by atoms with Crippen molar-refractivity contribution in [3.05, 3.63) is 166 Å². The first kappa shape index (κ1) is 48.5. The van der Waals surface area contributed by atoms with Gasteiger partial charge in [-0.2, -0.15) is 0 Å². The van der Waals surface area contributed by atoms with Crippen LogP contribution >= 0.6 is 0 Å². The molecule has 6 aromatic rings. The van der Waals surface area contributed by atoms with Gasteiger partial charge in [-0.25, -0.2) is 13.6 Å².